The van der Waals surface area contributed by atoms with Crippen LogP contribution in [0.1, 0.15) is 5.56 Å². The molecule has 0 saturated carbocycles. The molecule has 0 heterocycles. The molecule has 3 N–H and O–H groups in total. The summed E-state index contributed by atoms with van der Waals surface area (Å²) >= 11 is 0. The fourth-order valence-corrected chi connectivity index (χ4v) is 1.30. The van der Waals surface area contributed by atoms with Gasteiger partial charge in [0.1, 0.15) is 5.75 Å². The molecule has 17 heavy (non-hydrogen) atoms. The van der Waals surface area contributed by atoms with Crippen LogP contribution in [-0.2, 0) is 6.54 Å². The average Bonchev–Trinajstić information content (AvgIpc) is 2.30. The molecule has 96 valence electrons. The Kier molecular flexibility index (Phi) is 5.82. The lowest BCUT2D eigenvalue weighted by atomic mass is 10.2. The van der Waals surface area contributed by atoms with E-state index >= 15 is 0 Å². The van der Waals surface area contributed by atoms with Crippen LogP contribution in [0, 0.1) is 0 Å². The Bertz CT molecular complexity index is 336. The van der Waals surface area contributed by atoms with Crippen molar-refractivity contribution in [2.24, 2.45) is 0 Å². The van der Waals surface area contributed by atoms with E-state index in [2.05, 4.69) is 10.1 Å². The number of aliphatic hydroxyl groups excluding tert-OH is 2. The van der Waals surface area contributed by atoms with Gasteiger partial charge in [-0.2, -0.15) is 8.78 Å². The van der Waals surface area contributed by atoms with Gasteiger partial charge < -0.3 is 20.3 Å². The number of nitrogens with one attached hydrogen (secondary N) is 1. The molecule has 1 unspecified atom stereocenters. The van der Waals surface area contributed by atoms with Crippen molar-refractivity contribution >= 4 is 0 Å². The number of halogens is 2. The molecular formula is C11H15F2NO3. The van der Waals surface area contributed by atoms with Crippen molar-refractivity contribution in [3.8, 4) is 5.75 Å². The summed E-state index contributed by atoms with van der Waals surface area (Å²) in [6.45, 7) is -2.75. The summed E-state index contributed by atoms with van der Waals surface area (Å²) in [4.78, 5) is 0. The number of aliphatic hydroxyl groups is 2. The highest BCUT2D eigenvalue weighted by Crippen LogP contribution is 2.19. The zero-order valence-corrected chi connectivity index (χ0v) is 9.14. The molecule has 1 aromatic rings. The largest absolute Gasteiger partial charge is 0.434 e. The molecule has 0 aliphatic carbocycles. The molecule has 1 atom stereocenters. The molecule has 0 aliphatic heterocycles. The molecule has 0 radical (unpaired) electrons. The van der Waals surface area contributed by atoms with E-state index in [1.165, 1.54) is 6.07 Å². The quantitative estimate of drug-likeness (QED) is 0.664. The normalized spacial score (nSPS) is 12.8. The highest BCUT2D eigenvalue weighted by molar-refractivity contribution is 5.33. The molecule has 1 rings (SSSR count). The number of benzene rings is 1. The SMILES string of the molecule is OCC(O)CNCc1ccccc1OC(F)F. The molecular weight excluding hydrogens is 232 g/mol. The topological polar surface area (TPSA) is 61.7 Å². The lowest BCUT2D eigenvalue weighted by Gasteiger charge is -2.12. The molecule has 0 bridgehead atoms. The number of hydrogen-bond acceptors (Lipinski definition) is 4. The Morgan fingerprint density at radius 2 is 2.00 bits per heavy atom. The van der Waals surface area contributed by atoms with Gasteiger partial charge >= 0.3 is 6.61 Å². The monoisotopic (exact) mass is 247 g/mol. The summed E-state index contributed by atoms with van der Waals surface area (Å²) in [5, 5.41) is 20.5. The van der Waals surface area contributed by atoms with Gasteiger partial charge in [-0.15, -0.1) is 0 Å². The molecule has 1 aromatic carbocycles. The van der Waals surface area contributed by atoms with E-state index in [9.17, 15) is 8.78 Å². The van der Waals surface area contributed by atoms with Crippen LogP contribution in [0.15, 0.2) is 24.3 Å². The third-order valence-electron chi connectivity index (χ3n) is 2.09. The molecule has 0 saturated heterocycles. The van der Waals surface area contributed by atoms with E-state index in [1.54, 1.807) is 18.2 Å². The summed E-state index contributed by atoms with van der Waals surface area (Å²) in [6, 6.07) is 6.41. The second-order valence-corrected chi connectivity index (χ2v) is 3.45. The van der Waals surface area contributed by atoms with Gasteiger partial charge in [-0.1, -0.05) is 18.2 Å². The average molecular weight is 247 g/mol. The summed E-state index contributed by atoms with van der Waals surface area (Å²) in [5.41, 5.74) is 0.568. The first kappa shape index (κ1) is 13.8. The van der Waals surface area contributed by atoms with Crippen molar-refractivity contribution < 1.29 is 23.7 Å². The van der Waals surface area contributed by atoms with E-state index < -0.39 is 12.7 Å². The Morgan fingerprint density at radius 1 is 1.29 bits per heavy atom. The van der Waals surface area contributed by atoms with Gasteiger partial charge in [0.25, 0.3) is 0 Å². The molecule has 0 spiro atoms. The Morgan fingerprint density at radius 3 is 2.65 bits per heavy atom. The predicted molar refractivity (Wildman–Crippen MR) is 57.9 cm³/mol. The van der Waals surface area contributed by atoms with Crippen LogP contribution in [0.3, 0.4) is 0 Å². The maximum absolute atomic E-state index is 12.1. The number of hydrogen-bond donors (Lipinski definition) is 3. The molecule has 0 aromatic heterocycles. The number of para-hydroxylation sites is 1. The lowest BCUT2D eigenvalue weighted by Crippen LogP contribution is -2.29. The van der Waals surface area contributed by atoms with Crippen LogP contribution >= 0.6 is 0 Å². The smallest absolute Gasteiger partial charge is 0.387 e. The fraction of sp³-hybridized carbons (Fsp3) is 0.455. The van der Waals surface area contributed by atoms with E-state index in [0.29, 0.717) is 5.56 Å². The van der Waals surface area contributed by atoms with Gasteiger partial charge in [0, 0.05) is 18.7 Å². The molecule has 0 aliphatic rings. The van der Waals surface area contributed by atoms with Gasteiger partial charge in [0.05, 0.1) is 12.7 Å². The number of rotatable bonds is 7. The third-order valence-corrected chi connectivity index (χ3v) is 2.09. The molecule has 0 fully saturated rings. The Labute approximate surface area is 97.8 Å². The van der Waals surface area contributed by atoms with Crippen molar-refractivity contribution in [1.82, 2.24) is 5.32 Å². The van der Waals surface area contributed by atoms with Crippen molar-refractivity contribution in [2.75, 3.05) is 13.2 Å². The van der Waals surface area contributed by atoms with Crippen molar-refractivity contribution in [1.29, 1.82) is 0 Å². The fourth-order valence-electron chi connectivity index (χ4n) is 1.30. The maximum Gasteiger partial charge on any atom is 0.387 e. The van der Waals surface area contributed by atoms with Gasteiger partial charge in [0.2, 0.25) is 0 Å². The molecule has 0 amide bonds. The second kappa shape index (κ2) is 7.16. The van der Waals surface area contributed by atoms with Gasteiger partial charge in [0.15, 0.2) is 0 Å². The Balaban J connectivity index is 2.51. The van der Waals surface area contributed by atoms with E-state index in [-0.39, 0.29) is 25.4 Å². The zero-order valence-electron chi connectivity index (χ0n) is 9.14. The van der Waals surface area contributed by atoms with Crippen LogP contribution < -0.4 is 10.1 Å². The summed E-state index contributed by atoms with van der Waals surface area (Å²) < 4.78 is 28.5. The summed E-state index contributed by atoms with van der Waals surface area (Å²) in [7, 11) is 0. The van der Waals surface area contributed by atoms with E-state index in [4.69, 9.17) is 10.2 Å². The summed E-state index contributed by atoms with van der Waals surface area (Å²) in [6.07, 6.45) is -0.863. The highest BCUT2D eigenvalue weighted by atomic mass is 19.3. The van der Waals surface area contributed by atoms with Crippen LogP contribution in [0.5, 0.6) is 5.75 Å². The van der Waals surface area contributed by atoms with Gasteiger partial charge in [-0.3, -0.25) is 0 Å². The number of ether oxygens (including phenoxy) is 1. The van der Waals surface area contributed by atoms with Crippen LogP contribution in [0.25, 0.3) is 0 Å². The Hall–Kier alpha value is -1.24. The number of alkyl halides is 2. The summed E-state index contributed by atoms with van der Waals surface area (Å²) in [5.74, 6) is 0.105. The standard InChI is InChI=1S/C11H15F2NO3/c12-11(13)17-10-4-2-1-3-8(10)5-14-6-9(16)7-15/h1-4,9,11,14-16H,5-7H2. The van der Waals surface area contributed by atoms with E-state index in [0.717, 1.165) is 0 Å². The maximum atomic E-state index is 12.1. The van der Waals surface area contributed by atoms with Crippen molar-refractivity contribution in [3.63, 3.8) is 0 Å². The third kappa shape index (κ3) is 5.08. The van der Waals surface area contributed by atoms with Crippen molar-refractivity contribution in [2.45, 2.75) is 19.3 Å². The first-order valence-corrected chi connectivity index (χ1v) is 5.16. The minimum atomic E-state index is -2.86. The molecule has 6 heteroatoms. The van der Waals surface area contributed by atoms with E-state index in [1.807, 2.05) is 0 Å². The zero-order chi connectivity index (χ0) is 12.7. The second-order valence-electron chi connectivity index (χ2n) is 3.45. The van der Waals surface area contributed by atoms with Crippen molar-refractivity contribution in [3.05, 3.63) is 29.8 Å². The first-order valence-electron chi connectivity index (χ1n) is 5.16. The van der Waals surface area contributed by atoms with Crippen LogP contribution in [-0.4, -0.2) is 36.1 Å². The predicted octanol–water partition coefficient (Wildman–Crippen LogP) is 0.731. The van der Waals surface area contributed by atoms with Gasteiger partial charge in [-0.05, 0) is 6.07 Å². The molecule has 4 nitrogen and oxygen atoms in total. The highest BCUT2D eigenvalue weighted by Gasteiger charge is 2.09. The van der Waals surface area contributed by atoms with Gasteiger partial charge in [-0.25, -0.2) is 0 Å². The lowest BCUT2D eigenvalue weighted by molar-refractivity contribution is -0.0505. The van der Waals surface area contributed by atoms with Crippen LogP contribution in [0.2, 0.25) is 0 Å². The van der Waals surface area contributed by atoms with Crippen LogP contribution in [0.4, 0.5) is 8.78 Å². The minimum absolute atomic E-state index is 0.105. The minimum Gasteiger partial charge on any atom is -0.434 e. The first-order chi connectivity index (χ1) is 8.13.